The number of nitrogens with one attached hydrogen (secondary N) is 1. The molecule has 0 saturated carbocycles. The third-order valence-electron chi connectivity index (χ3n) is 4.52. The number of nitrogens with zero attached hydrogens (tertiary/aromatic N) is 2. The number of halogens is 2. The summed E-state index contributed by atoms with van der Waals surface area (Å²) in [5.41, 5.74) is 3.50. The van der Waals surface area contributed by atoms with Gasteiger partial charge in [-0.1, -0.05) is 15.9 Å². The molecule has 3 rings (SSSR count). The highest BCUT2D eigenvalue weighted by molar-refractivity contribution is 9.10. The van der Waals surface area contributed by atoms with E-state index in [1.54, 1.807) is 18.2 Å². The number of carbonyl (C=O) groups is 1. The van der Waals surface area contributed by atoms with E-state index in [2.05, 4.69) is 72.1 Å². The van der Waals surface area contributed by atoms with Crippen molar-refractivity contribution in [2.75, 3.05) is 36.4 Å². The number of piperazine rings is 1. The van der Waals surface area contributed by atoms with Gasteiger partial charge in [-0.2, -0.15) is 0 Å². The number of aromatic carboxylic acids is 1. The van der Waals surface area contributed by atoms with E-state index < -0.39 is 5.97 Å². The zero-order chi connectivity index (χ0) is 19.6. The lowest BCUT2D eigenvalue weighted by molar-refractivity contribution is 0.0697. The Morgan fingerprint density at radius 3 is 2.41 bits per heavy atom. The zero-order valence-electron chi connectivity index (χ0n) is 14.7. The molecule has 2 N–H and O–H groups in total. The van der Waals surface area contributed by atoms with Gasteiger partial charge in [0.2, 0.25) is 0 Å². The lowest BCUT2D eigenvalue weighted by atomic mass is 10.1. The minimum Gasteiger partial charge on any atom is -0.478 e. The SMILES string of the molecule is Cc1cc(Br)ccc1N1CCN(C(=S)Nc2ccc(C(=O)O)cc2Br)CC1. The van der Waals surface area contributed by atoms with E-state index >= 15 is 0 Å². The lowest BCUT2D eigenvalue weighted by Gasteiger charge is -2.38. The number of anilines is 2. The van der Waals surface area contributed by atoms with Gasteiger partial charge in [0.05, 0.1) is 11.3 Å². The Morgan fingerprint density at radius 1 is 1.11 bits per heavy atom. The maximum Gasteiger partial charge on any atom is 0.335 e. The third-order valence-corrected chi connectivity index (χ3v) is 6.03. The van der Waals surface area contributed by atoms with Gasteiger partial charge in [-0.25, -0.2) is 4.79 Å². The Balaban J connectivity index is 1.61. The number of hydrogen-bond donors (Lipinski definition) is 2. The standard InChI is InChI=1S/C19H19Br2N3O2S/c1-12-10-14(20)3-5-17(12)23-6-8-24(9-7-23)19(27)22-16-4-2-13(18(25)26)11-15(16)21/h2-5,10-11H,6-9H2,1H3,(H,22,27)(H,25,26). The summed E-state index contributed by atoms with van der Waals surface area (Å²) in [7, 11) is 0. The predicted molar refractivity (Wildman–Crippen MR) is 120 cm³/mol. The fourth-order valence-corrected chi connectivity index (χ4v) is 4.31. The smallest absolute Gasteiger partial charge is 0.335 e. The summed E-state index contributed by atoms with van der Waals surface area (Å²) in [5, 5.41) is 12.9. The highest BCUT2D eigenvalue weighted by Crippen LogP contribution is 2.26. The van der Waals surface area contributed by atoms with Gasteiger partial charge < -0.3 is 20.2 Å². The first kappa shape index (κ1) is 20.1. The van der Waals surface area contributed by atoms with Crippen molar-refractivity contribution in [3.05, 3.63) is 56.5 Å². The molecule has 0 bridgehead atoms. The molecule has 1 aliphatic heterocycles. The fourth-order valence-electron chi connectivity index (χ4n) is 3.07. The van der Waals surface area contributed by atoms with Crippen molar-refractivity contribution >= 4 is 66.5 Å². The van der Waals surface area contributed by atoms with Crippen LogP contribution >= 0.6 is 44.1 Å². The molecule has 0 spiro atoms. The quantitative estimate of drug-likeness (QED) is 0.579. The number of carboxylic acid groups (broad SMARTS) is 1. The maximum absolute atomic E-state index is 11.0. The maximum atomic E-state index is 11.0. The second-order valence-corrected chi connectivity index (χ2v) is 8.49. The van der Waals surface area contributed by atoms with Gasteiger partial charge in [0.1, 0.15) is 0 Å². The van der Waals surface area contributed by atoms with Crippen LogP contribution in [0.3, 0.4) is 0 Å². The summed E-state index contributed by atoms with van der Waals surface area (Å²) in [4.78, 5) is 15.6. The van der Waals surface area contributed by atoms with Gasteiger partial charge in [0.15, 0.2) is 5.11 Å². The van der Waals surface area contributed by atoms with Gasteiger partial charge in [-0.3, -0.25) is 0 Å². The summed E-state index contributed by atoms with van der Waals surface area (Å²) in [6.45, 7) is 5.56. The number of rotatable bonds is 3. The van der Waals surface area contributed by atoms with Crippen molar-refractivity contribution < 1.29 is 9.90 Å². The molecule has 142 valence electrons. The normalized spacial score (nSPS) is 14.2. The molecule has 5 nitrogen and oxygen atoms in total. The van der Waals surface area contributed by atoms with Crippen LogP contribution in [-0.4, -0.2) is 47.3 Å². The van der Waals surface area contributed by atoms with Crippen molar-refractivity contribution in [2.45, 2.75) is 6.92 Å². The average Bonchev–Trinajstić information content (AvgIpc) is 2.63. The third kappa shape index (κ3) is 4.80. The van der Waals surface area contributed by atoms with Crippen LogP contribution in [0.15, 0.2) is 45.3 Å². The summed E-state index contributed by atoms with van der Waals surface area (Å²) in [5.74, 6) is -0.954. The van der Waals surface area contributed by atoms with Gasteiger partial charge in [0.25, 0.3) is 0 Å². The number of aryl methyl sites for hydroxylation is 1. The van der Waals surface area contributed by atoms with E-state index in [1.165, 1.54) is 11.3 Å². The van der Waals surface area contributed by atoms with Crippen molar-refractivity contribution in [1.82, 2.24) is 4.90 Å². The Morgan fingerprint density at radius 2 is 1.81 bits per heavy atom. The van der Waals surface area contributed by atoms with Crippen molar-refractivity contribution in [3.8, 4) is 0 Å². The summed E-state index contributed by atoms with van der Waals surface area (Å²) in [6, 6.07) is 11.2. The molecule has 0 atom stereocenters. The van der Waals surface area contributed by atoms with Gasteiger partial charge >= 0.3 is 5.97 Å². The lowest BCUT2D eigenvalue weighted by Crippen LogP contribution is -2.50. The van der Waals surface area contributed by atoms with Crippen LogP contribution in [0.5, 0.6) is 0 Å². The molecule has 27 heavy (non-hydrogen) atoms. The molecule has 1 aliphatic rings. The first-order valence-electron chi connectivity index (χ1n) is 8.45. The van der Waals surface area contributed by atoms with E-state index in [4.69, 9.17) is 17.3 Å². The fraction of sp³-hybridized carbons (Fsp3) is 0.263. The van der Waals surface area contributed by atoms with Crippen LogP contribution in [0.25, 0.3) is 0 Å². The monoisotopic (exact) mass is 511 g/mol. The Labute approximate surface area is 180 Å². The molecular formula is C19H19Br2N3O2S. The predicted octanol–water partition coefficient (Wildman–Crippen LogP) is 4.74. The Kier molecular flexibility index (Phi) is 6.39. The topological polar surface area (TPSA) is 55.8 Å². The van der Waals surface area contributed by atoms with E-state index in [-0.39, 0.29) is 5.56 Å². The number of hydrogen-bond acceptors (Lipinski definition) is 3. The van der Waals surface area contributed by atoms with Crippen LogP contribution in [0.1, 0.15) is 15.9 Å². The average molecular weight is 513 g/mol. The van der Waals surface area contributed by atoms with Crippen LogP contribution in [-0.2, 0) is 0 Å². The molecule has 1 heterocycles. The van der Waals surface area contributed by atoms with E-state index in [0.29, 0.717) is 9.59 Å². The van der Waals surface area contributed by atoms with Crippen LogP contribution in [0.4, 0.5) is 11.4 Å². The number of thiocarbonyl (C=S) groups is 1. The van der Waals surface area contributed by atoms with Crippen molar-refractivity contribution in [1.29, 1.82) is 0 Å². The highest BCUT2D eigenvalue weighted by Gasteiger charge is 2.21. The molecule has 0 amide bonds. The minimum atomic E-state index is -0.954. The second kappa shape index (κ2) is 8.58. The van der Waals surface area contributed by atoms with Crippen LogP contribution in [0, 0.1) is 6.92 Å². The van der Waals surface area contributed by atoms with E-state index in [9.17, 15) is 4.79 Å². The molecule has 0 unspecified atom stereocenters. The molecule has 0 aliphatic carbocycles. The Hall–Kier alpha value is -1.64. The minimum absolute atomic E-state index is 0.233. The van der Waals surface area contributed by atoms with Crippen molar-refractivity contribution in [3.63, 3.8) is 0 Å². The molecule has 8 heteroatoms. The van der Waals surface area contributed by atoms with E-state index in [0.717, 1.165) is 36.3 Å². The summed E-state index contributed by atoms with van der Waals surface area (Å²) < 4.78 is 1.76. The molecule has 1 saturated heterocycles. The molecular weight excluding hydrogens is 494 g/mol. The van der Waals surface area contributed by atoms with Crippen LogP contribution < -0.4 is 10.2 Å². The first-order valence-corrected chi connectivity index (χ1v) is 10.4. The van der Waals surface area contributed by atoms with Gasteiger partial charge in [-0.15, -0.1) is 0 Å². The van der Waals surface area contributed by atoms with Gasteiger partial charge in [-0.05, 0) is 77.0 Å². The zero-order valence-corrected chi connectivity index (χ0v) is 18.7. The molecule has 0 aromatic heterocycles. The van der Waals surface area contributed by atoms with E-state index in [1.807, 2.05) is 0 Å². The first-order chi connectivity index (χ1) is 12.8. The molecule has 2 aromatic rings. The summed E-state index contributed by atoms with van der Waals surface area (Å²) >= 11 is 12.5. The summed E-state index contributed by atoms with van der Waals surface area (Å²) in [6.07, 6.45) is 0. The largest absolute Gasteiger partial charge is 0.478 e. The Bertz CT molecular complexity index is 883. The number of carboxylic acids is 1. The number of benzene rings is 2. The van der Waals surface area contributed by atoms with Crippen LogP contribution in [0.2, 0.25) is 0 Å². The second-order valence-electron chi connectivity index (χ2n) is 6.33. The van der Waals surface area contributed by atoms with Crippen molar-refractivity contribution in [2.24, 2.45) is 0 Å². The molecule has 2 aromatic carbocycles. The van der Waals surface area contributed by atoms with Gasteiger partial charge in [0, 0.05) is 40.8 Å². The molecule has 1 fully saturated rings. The molecule has 0 radical (unpaired) electrons. The highest BCUT2D eigenvalue weighted by atomic mass is 79.9.